The molecule has 0 aromatic heterocycles. The van der Waals surface area contributed by atoms with Gasteiger partial charge in [0.25, 0.3) is 0 Å². The average molecular weight is 319 g/mol. The second-order valence-corrected chi connectivity index (χ2v) is 7.53. The van der Waals surface area contributed by atoms with Crippen LogP contribution in [0.25, 0.3) is 0 Å². The highest BCUT2D eigenvalue weighted by Gasteiger charge is 2.31. The highest BCUT2D eigenvalue weighted by atomic mass is 16.6. The fourth-order valence-corrected chi connectivity index (χ4v) is 2.85. The smallest absolute Gasteiger partial charge is 0.410 e. The first kappa shape index (κ1) is 17.4. The first-order valence-corrected chi connectivity index (χ1v) is 8.26. The van der Waals surface area contributed by atoms with Crippen molar-refractivity contribution in [3.05, 3.63) is 23.8 Å². The van der Waals surface area contributed by atoms with Crippen LogP contribution in [0.15, 0.2) is 18.2 Å². The number of hydrogen-bond donors (Lipinski definition) is 2. The molecule has 0 bridgehead atoms. The molecule has 5 heteroatoms. The summed E-state index contributed by atoms with van der Waals surface area (Å²) in [5.74, 6) is 0.330. The molecule has 2 rings (SSSR count). The van der Waals surface area contributed by atoms with E-state index in [9.17, 15) is 4.79 Å². The fraction of sp³-hybridized carbons (Fsp3) is 0.611. The molecular formula is C18H29N3O2. The molecule has 2 unspecified atom stereocenters. The van der Waals surface area contributed by atoms with Crippen molar-refractivity contribution < 1.29 is 9.53 Å². The molecule has 1 aliphatic heterocycles. The first-order chi connectivity index (χ1) is 10.7. The third-order valence-electron chi connectivity index (χ3n) is 4.11. The van der Waals surface area contributed by atoms with E-state index in [1.807, 2.05) is 32.9 Å². The lowest BCUT2D eigenvalue weighted by Crippen LogP contribution is -2.49. The maximum atomic E-state index is 12.2. The molecule has 1 heterocycles. The van der Waals surface area contributed by atoms with Gasteiger partial charge in [-0.1, -0.05) is 13.0 Å². The van der Waals surface area contributed by atoms with E-state index in [1.165, 1.54) is 5.56 Å². The van der Waals surface area contributed by atoms with E-state index in [0.29, 0.717) is 25.0 Å². The third-order valence-corrected chi connectivity index (χ3v) is 4.11. The molecule has 0 aliphatic carbocycles. The summed E-state index contributed by atoms with van der Waals surface area (Å²) in [5, 5.41) is 3.54. The Hall–Kier alpha value is -1.91. The van der Waals surface area contributed by atoms with Crippen molar-refractivity contribution in [3.63, 3.8) is 0 Å². The van der Waals surface area contributed by atoms with Crippen LogP contribution >= 0.6 is 0 Å². The number of anilines is 2. The standard InChI is InChI=1S/C18H29N3O2/c1-12-6-7-14(19)16(10-12)20-15-8-9-21(11-13(15)2)17(22)23-18(3,4)5/h6-7,10,13,15,20H,8-9,11,19H2,1-5H3. The number of nitrogens with zero attached hydrogens (tertiary/aromatic N) is 1. The molecule has 5 nitrogen and oxygen atoms in total. The van der Waals surface area contributed by atoms with Crippen molar-refractivity contribution >= 4 is 17.5 Å². The van der Waals surface area contributed by atoms with Crippen LogP contribution < -0.4 is 11.1 Å². The molecule has 0 saturated carbocycles. The van der Waals surface area contributed by atoms with Crippen LogP contribution in [0.3, 0.4) is 0 Å². The summed E-state index contributed by atoms with van der Waals surface area (Å²) in [7, 11) is 0. The van der Waals surface area contributed by atoms with Gasteiger partial charge in [0.15, 0.2) is 0 Å². The number of nitrogen functional groups attached to an aromatic ring is 1. The highest BCUT2D eigenvalue weighted by molar-refractivity contribution is 5.69. The monoisotopic (exact) mass is 319 g/mol. The second kappa shape index (κ2) is 6.69. The minimum Gasteiger partial charge on any atom is -0.444 e. The number of hydrogen-bond acceptors (Lipinski definition) is 4. The number of aryl methyl sites for hydroxylation is 1. The number of rotatable bonds is 2. The summed E-state index contributed by atoms with van der Waals surface area (Å²) in [4.78, 5) is 14.0. The van der Waals surface area contributed by atoms with Gasteiger partial charge >= 0.3 is 6.09 Å². The van der Waals surface area contributed by atoms with E-state index in [1.54, 1.807) is 4.90 Å². The number of ether oxygens (including phenoxy) is 1. The maximum Gasteiger partial charge on any atom is 0.410 e. The zero-order valence-corrected chi connectivity index (χ0v) is 14.8. The molecule has 0 radical (unpaired) electrons. The Balaban J connectivity index is 1.96. The SMILES string of the molecule is Cc1ccc(N)c(NC2CCN(C(=O)OC(C)(C)C)CC2C)c1. The van der Waals surface area contributed by atoms with E-state index < -0.39 is 5.60 Å². The van der Waals surface area contributed by atoms with Crippen LogP contribution in [0.1, 0.15) is 39.7 Å². The van der Waals surface area contributed by atoms with Crippen molar-refractivity contribution in [2.75, 3.05) is 24.1 Å². The van der Waals surface area contributed by atoms with Gasteiger partial charge in [0, 0.05) is 19.1 Å². The lowest BCUT2D eigenvalue weighted by molar-refractivity contribution is 0.0165. The summed E-state index contributed by atoms with van der Waals surface area (Å²) < 4.78 is 5.46. The number of carbonyl (C=O) groups is 1. The lowest BCUT2D eigenvalue weighted by Gasteiger charge is -2.38. The van der Waals surface area contributed by atoms with Gasteiger partial charge in [-0.3, -0.25) is 0 Å². The predicted octanol–water partition coefficient (Wildman–Crippen LogP) is 3.63. The minimum atomic E-state index is -0.453. The van der Waals surface area contributed by atoms with Crippen molar-refractivity contribution in [2.45, 2.75) is 52.7 Å². The van der Waals surface area contributed by atoms with Crippen LogP contribution in [-0.2, 0) is 4.74 Å². The Kier molecular flexibility index (Phi) is 5.07. The van der Waals surface area contributed by atoms with Gasteiger partial charge in [0.05, 0.1) is 11.4 Å². The van der Waals surface area contributed by atoms with Gasteiger partial charge in [0.2, 0.25) is 0 Å². The van der Waals surface area contributed by atoms with Gasteiger partial charge in [-0.05, 0) is 57.7 Å². The predicted molar refractivity (Wildman–Crippen MR) is 94.6 cm³/mol. The van der Waals surface area contributed by atoms with Crippen LogP contribution in [-0.4, -0.2) is 35.7 Å². The Morgan fingerprint density at radius 1 is 1.39 bits per heavy atom. The van der Waals surface area contributed by atoms with E-state index >= 15 is 0 Å². The second-order valence-electron chi connectivity index (χ2n) is 7.53. The molecule has 1 aromatic rings. The average Bonchev–Trinajstić information content (AvgIpc) is 2.43. The van der Waals surface area contributed by atoms with Crippen LogP contribution in [0.5, 0.6) is 0 Å². The number of benzene rings is 1. The van der Waals surface area contributed by atoms with Crippen molar-refractivity contribution in [3.8, 4) is 0 Å². The van der Waals surface area contributed by atoms with Gasteiger partial charge in [-0.2, -0.15) is 0 Å². The van der Waals surface area contributed by atoms with Crippen molar-refractivity contribution in [2.24, 2.45) is 5.92 Å². The highest BCUT2D eigenvalue weighted by Crippen LogP contribution is 2.26. The van der Waals surface area contributed by atoms with Crippen LogP contribution in [0, 0.1) is 12.8 Å². The zero-order valence-electron chi connectivity index (χ0n) is 14.8. The quantitative estimate of drug-likeness (QED) is 0.817. The van der Waals surface area contributed by atoms with Gasteiger partial charge in [0.1, 0.15) is 5.60 Å². The zero-order chi connectivity index (χ0) is 17.2. The minimum absolute atomic E-state index is 0.224. The normalized spacial score (nSPS) is 21.9. The van der Waals surface area contributed by atoms with Gasteiger partial charge in [-0.15, -0.1) is 0 Å². The van der Waals surface area contributed by atoms with E-state index in [-0.39, 0.29) is 6.09 Å². The molecule has 1 aromatic carbocycles. The topological polar surface area (TPSA) is 67.6 Å². The largest absolute Gasteiger partial charge is 0.444 e. The van der Waals surface area contributed by atoms with Crippen LogP contribution in [0.4, 0.5) is 16.2 Å². The number of nitrogens with two attached hydrogens (primary N) is 1. The molecule has 0 spiro atoms. The molecule has 1 aliphatic rings. The molecule has 23 heavy (non-hydrogen) atoms. The molecular weight excluding hydrogens is 290 g/mol. The van der Waals surface area contributed by atoms with Gasteiger partial charge in [-0.25, -0.2) is 4.79 Å². The molecule has 128 valence electrons. The summed E-state index contributed by atoms with van der Waals surface area (Å²) >= 11 is 0. The van der Waals surface area contributed by atoms with E-state index in [2.05, 4.69) is 25.2 Å². The molecule has 3 N–H and O–H groups in total. The number of nitrogens with one attached hydrogen (secondary N) is 1. The van der Waals surface area contributed by atoms with Crippen molar-refractivity contribution in [1.29, 1.82) is 0 Å². The number of likely N-dealkylation sites (tertiary alicyclic amines) is 1. The summed E-state index contributed by atoms with van der Waals surface area (Å²) in [6.45, 7) is 11.3. The Bertz CT molecular complexity index is 566. The number of amides is 1. The molecule has 1 saturated heterocycles. The van der Waals surface area contributed by atoms with Gasteiger partial charge < -0.3 is 20.7 Å². The van der Waals surface area contributed by atoms with E-state index in [0.717, 1.165) is 17.8 Å². The van der Waals surface area contributed by atoms with E-state index in [4.69, 9.17) is 10.5 Å². The van der Waals surface area contributed by atoms with Crippen molar-refractivity contribution in [1.82, 2.24) is 4.90 Å². The maximum absolute atomic E-state index is 12.2. The number of carbonyl (C=O) groups excluding carboxylic acids is 1. The summed E-state index contributed by atoms with van der Waals surface area (Å²) in [6, 6.07) is 6.31. The Morgan fingerprint density at radius 3 is 2.70 bits per heavy atom. The number of piperidine rings is 1. The summed E-state index contributed by atoms with van der Waals surface area (Å²) in [5.41, 5.74) is 8.52. The van der Waals surface area contributed by atoms with Crippen LogP contribution in [0.2, 0.25) is 0 Å². The molecule has 1 amide bonds. The first-order valence-electron chi connectivity index (χ1n) is 8.26. The Labute approximate surface area is 139 Å². The third kappa shape index (κ3) is 4.78. The lowest BCUT2D eigenvalue weighted by atomic mass is 9.93. The molecule has 2 atom stereocenters. The fourth-order valence-electron chi connectivity index (χ4n) is 2.85. The summed E-state index contributed by atoms with van der Waals surface area (Å²) in [6.07, 6.45) is 0.659. The Morgan fingerprint density at radius 2 is 2.09 bits per heavy atom. The molecule has 1 fully saturated rings.